The second kappa shape index (κ2) is 47.5. The van der Waals surface area contributed by atoms with Crippen LogP contribution in [0.4, 0.5) is 80.6 Å². The summed E-state index contributed by atoms with van der Waals surface area (Å²) < 4.78 is 28.8. The molecule has 0 aliphatic rings. The molecular weight excluding hydrogens is 1920 g/mol. The fraction of sp³-hybridized carbons (Fsp3) is 0.0490. The first-order valence-corrected chi connectivity index (χ1v) is 46.1. The van der Waals surface area contributed by atoms with Crippen LogP contribution in [0.25, 0.3) is 77.2 Å². The van der Waals surface area contributed by atoms with Crippen LogP contribution in [0, 0.1) is 61.9 Å². The summed E-state index contributed by atoms with van der Waals surface area (Å²) in [5.41, 5.74) is 13.8. The molecular formula is C102H82N28O17S. The number of carbonyl (C=O) groups excluding carboxylic acids is 5. The molecule has 7 heterocycles. The zero-order chi connectivity index (χ0) is 104. The minimum absolute atomic E-state index is 0.0488. The molecule has 45 nitrogen and oxygen atoms in total. The number of hydrogen-bond acceptors (Lipinski definition) is 26. The first-order valence-electron chi connectivity index (χ1n) is 44.6. The summed E-state index contributed by atoms with van der Waals surface area (Å²) in [6, 6.07) is 97.5. The van der Waals surface area contributed by atoms with E-state index in [0.717, 1.165) is 97.2 Å². The second-order valence-corrected chi connectivity index (χ2v) is 33.2. The lowest BCUT2D eigenvalue weighted by Crippen LogP contribution is -2.20. The van der Waals surface area contributed by atoms with Crippen LogP contribution in [0.1, 0.15) is 72.3 Å². The molecule has 0 aliphatic carbocycles. The Balaban J connectivity index is 0.000000130. The highest BCUT2D eigenvalue weighted by molar-refractivity contribution is 7.92. The Hall–Kier alpha value is -21.4. The van der Waals surface area contributed by atoms with E-state index in [0.29, 0.717) is 75.6 Å². The number of non-ortho nitro benzene ring substituents is 5. The maximum Gasteiger partial charge on any atom is 0.326 e. The van der Waals surface area contributed by atoms with Gasteiger partial charge in [0.15, 0.2) is 0 Å². The molecule has 0 atom stereocenters. The van der Waals surface area contributed by atoms with E-state index in [-0.39, 0.29) is 62.2 Å². The Morgan fingerprint density at radius 3 is 1.14 bits per heavy atom. The first kappa shape index (κ1) is 101. The van der Waals surface area contributed by atoms with Gasteiger partial charge in [-0.25, -0.2) is 52.8 Å². The number of imidazole rings is 7. The molecule has 7 aromatic heterocycles. The number of unbranched alkanes of at least 4 members (excludes halogenated alkanes) is 1. The van der Waals surface area contributed by atoms with Gasteiger partial charge in [0.25, 0.3) is 62.1 Å². The lowest BCUT2D eigenvalue weighted by molar-refractivity contribution is -0.385. The van der Waals surface area contributed by atoms with Gasteiger partial charge in [0.1, 0.15) is 0 Å². The second-order valence-electron chi connectivity index (χ2n) is 31.6. The van der Waals surface area contributed by atoms with Gasteiger partial charge in [-0.3, -0.25) is 96.3 Å². The van der Waals surface area contributed by atoms with Crippen molar-refractivity contribution in [3.05, 3.63) is 430 Å². The molecule has 21 aromatic rings. The number of nitrogens with one attached hydrogen (secondary N) is 14. The van der Waals surface area contributed by atoms with Crippen LogP contribution in [0.5, 0.6) is 0 Å². The minimum Gasteiger partial charge on any atom is -0.352 e. The number of nitrogens with zero attached hydrogens (tertiary/aromatic N) is 14. The van der Waals surface area contributed by atoms with Crippen LogP contribution < -0.4 is 41.9 Å². The minimum atomic E-state index is -3.97. The number of aryl methyl sites for hydroxylation is 1. The number of urea groups is 1. The number of anilines is 8. The maximum absolute atomic E-state index is 12.5. The van der Waals surface area contributed by atoms with E-state index in [9.17, 15) is 83.0 Å². The number of sulfonamides is 1. The Morgan fingerprint density at radius 2 is 0.682 bits per heavy atom. The molecule has 14 aromatic carbocycles. The van der Waals surface area contributed by atoms with Crippen LogP contribution in [0.3, 0.4) is 0 Å². The van der Waals surface area contributed by atoms with Gasteiger partial charge in [0.2, 0.25) is 41.6 Å². The molecule has 0 fully saturated rings. The number of rotatable bonds is 24. The highest BCUT2D eigenvalue weighted by Crippen LogP contribution is 2.28. The summed E-state index contributed by atoms with van der Waals surface area (Å²) in [6.07, 6.45) is 1.98. The van der Waals surface area contributed by atoms with Crippen molar-refractivity contribution in [2.75, 3.05) is 41.9 Å². The molecule has 148 heavy (non-hydrogen) atoms. The summed E-state index contributed by atoms with van der Waals surface area (Å²) in [7, 11) is -3.97. The SMILES string of the molecule is CCCCn1c(NC(=O)c2cccc([N+](=O)[O-])c2)nc2ccccc21.N#Cc1cccc(C(=O)Nc2nc3ccccc3[nH]2)c1.O=C(Nc1cccc([N+](=O)[O-])c1)Nc1nc2ccccc2[nH]1.O=C(Nc1nc2ccccc2[nH]1)c1cccc([N+](=O)[O-])c1.O=C(Nc1nc2ccccc2[nH]1)c1ccccc1.O=[N+]([O-])c1cccc(CNc2nc3ccccc3[nH]2)c1.O=[N+]([O-])c1cccc(S(=O)(=O)Nc2nc3ccccc3[nH]2)c1. The van der Waals surface area contributed by atoms with Crippen LogP contribution in [0.2, 0.25) is 0 Å². The number of aromatic amines is 6. The van der Waals surface area contributed by atoms with Crippen molar-refractivity contribution in [2.45, 2.75) is 37.8 Å². The quantitative estimate of drug-likeness (QED) is 0.0197. The van der Waals surface area contributed by atoms with E-state index < -0.39 is 52.5 Å². The molecule has 738 valence electrons. The van der Waals surface area contributed by atoms with Gasteiger partial charge in [0, 0.05) is 102 Å². The summed E-state index contributed by atoms with van der Waals surface area (Å²) in [5, 5.41) is 81.5. The number of aromatic nitrogens is 14. The number of nitro groups is 5. The highest BCUT2D eigenvalue weighted by atomic mass is 32.2. The fourth-order valence-corrected chi connectivity index (χ4v) is 15.2. The third-order valence-corrected chi connectivity index (χ3v) is 22.6. The van der Waals surface area contributed by atoms with Gasteiger partial charge < -0.3 is 45.1 Å². The molecule has 0 aliphatic heterocycles. The van der Waals surface area contributed by atoms with Crippen LogP contribution in [-0.4, -0.2) is 132 Å². The average molecular weight is 2000 g/mol. The Morgan fingerprint density at radius 1 is 0.338 bits per heavy atom. The Kier molecular flexibility index (Phi) is 32.4. The number of benzene rings is 14. The van der Waals surface area contributed by atoms with Crippen molar-refractivity contribution in [2.24, 2.45) is 0 Å². The largest absolute Gasteiger partial charge is 0.352 e. The zero-order valence-corrected chi connectivity index (χ0v) is 78.2. The smallest absolute Gasteiger partial charge is 0.326 e. The van der Waals surface area contributed by atoms with E-state index >= 15 is 0 Å². The molecule has 14 N–H and O–H groups in total. The van der Waals surface area contributed by atoms with Crippen LogP contribution >= 0.6 is 0 Å². The number of nitriles is 1. The van der Waals surface area contributed by atoms with Crippen molar-refractivity contribution in [1.29, 1.82) is 5.26 Å². The topological polar surface area (TPSA) is 645 Å². The molecule has 46 heteroatoms. The van der Waals surface area contributed by atoms with E-state index in [2.05, 4.69) is 114 Å². The van der Waals surface area contributed by atoms with Crippen molar-refractivity contribution in [3.63, 3.8) is 0 Å². The predicted octanol–water partition coefficient (Wildman–Crippen LogP) is 20.7. The normalized spacial score (nSPS) is 10.6. The number of amides is 6. The number of nitro benzene ring substituents is 5. The summed E-state index contributed by atoms with van der Waals surface area (Å²) in [5.74, 6) is 1.24. The molecule has 21 rings (SSSR count). The third-order valence-electron chi connectivity index (χ3n) is 21.3. The lowest BCUT2D eigenvalue weighted by Gasteiger charge is -2.09. The van der Waals surface area contributed by atoms with Crippen molar-refractivity contribution >= 4 is 193 Å². The van der Waals surface area contributed by atoms with E-state index in [1.807, 2.05) is 180 Å². The van der Waals surface area contributed by atoms with Gasteiger partial charge in [-0.15, -0.1) is 0 Å². The lowest BCUT2D eigenvalue weighted by atomic mass is 10.1. The average Bonchev–Trinajstić information content (AvgIpc) is 1.65. The van der Waals surface area contributed by atoms with Gasteiger partial charge >= 0.3 is 6.03 Å². The maximum atomic E-state index is 12.5. The zero-order valence-electron chi connectivity index (χ0n) is 77.3. The van der Waals surface area contributed by atoms with Gasteiger partial charge in [-0.2, -0.15) is 5.26 Å². The number of fused-ring (bicyclic) bond motifs is 7. The Labute approximate surface area is 835 Å². The van der Waals surface area contributed by atoms with Crippen LogP contribution in [0.15, 0.2) is 351 Å². The monoisotopic (exact) mass is 2000 g/mol. The van der Waals surface area contributed by atoms with Gasteiger partial charge in [-0.1, -0.05) is 159 Å². The number of carbonyl (C=O) groups is 5. The van der Waals surface area contributed by atoms with E-state index in [1.54, 1.807) is 78.9 Å². The first-order chi connectivity index (χ1) is 71.6. The van der Waals surface area contributed by atoms with Crippen LogP contribution in [-0.2, 0) is 23.1 Å². The van der Waals surface area contributed by atoms with Crippen molar-refractivity contribution in [1.82, 2.24) is 69.4 Å². The number of para-hydroxylation sites is 14. The number of hydrogen-bond donors (Lipinski definition) is 14. The molecule has 0 saturated carbocycles. The van der Waals surface area contributed by atoms with Crippen molar-refractivity contribution in [3.8, 4) is 6.07 Å². The standard InChI is InChI=1S/C18H18N4O3.C15H10N4O.C14H11N5O3.C14H10N4O3.C14H12N4O2.C14H11N3O.C13H10N4O4S/c1-2-3-11-21-16-10-5-4-9-15(16)19-18(21)20-17(23)13-7-6-8-14(12-13)22(24)25;16-9-10-4-3-5-11(8-10)14(20)19-15-17-12-6-1-2-7-13(12)18-15;20-14(15-9-4-3-5-10(8-9)19(21)22)18-13-16-11-6-1-2-7-12(11)17-13;19-13(9-4-3-5-10(8-9)18(20)21)17-14-15-11-6-1-2-7-12(11)16-14;19-18(20)11-5-3-4-10(8-11)9-15-14-16-12-6-1-2-7-13(12)17-14;18-13(10-6-2-1-3-7-10)17-14-15-11-8-4-5-9-12(11)16-14;18-17(19)9-4-3-5-10(8-9)22(20,21)16-13-14-11-6-1-2-7-12(11)15-13/h4-10,12H,2-3,11H2,1H3,(H,19,20,23);1-8H,(H2,17,18,19,20);1-8H,(H3,15,16,17,18,20);1-8H,(H2,15,16,17,19);1-8H,9H2,(H2,15,16,17);1-9H,(H2,15,16,17,18);1-8H,(H2,14,15,16). The molecule has 0 saturated heterocycles. The molecule has 0 spiro atoms. The highest BCUT2D eigenvalue weighted by Gasteiger charge is 2.23. The molecule has 0 unspecified atom stereocenters. The molecule has 0 radical (unpaired) electrons. The van der Waals surface area contributed by atoms with E-state index in [4.69, 9.17) is 5.26 Å². The molecule has 0 bridgehead atoms. The predicted molar refractivity (Wildman–Crippen MR) is 557 cm³/mol. The molecule has 6 amide bonds. The number of H-pyrrole nitrogens is 6. The van der Waals surface area contributed by atoms with Gasteiger partial charge in [-0.05, 0) is 152 Å². The summed E-state index contributed by atoms with van der Waals surface area (Å²) in [6.45, 7) is 3.31. The summed E-state index contributed by atoms with van der Waals surface area (Å²) in [4.78, 5) is 159. The third kappa shape index (κ3) is 27.0. The van der Waals surface area contributed by atoms with Gasteiger partial charge in [0.05, 0.1) is 118 Å². The fourth-order valence-electron chi connectivity index (χ4n) is 14.2. The van der Waals surface area contributed by atoms with E-state index in [1.165, 1.54) is 91.0 Å². The Bertz CT molecular complexity index is 8480. The summed E-state index contributed by atoms with van der Waals surface area (Å²) >= 11 is 0. The van der Waals surface area contributed by atoms with Crippen molar-refractivity contribution < 1.29 is 57.0 Å².